The Bertz CT molecular complexity index is 361. The Morgan fingerprint density at radius 2 is 2.20 bits per heavy atom. The van der Waals surface area contributed by atoms with Crippen LogP contribution < -0.4 is 11.1 Å². The van der Waals surface area contributed by atoms with Gasteiger partial charge in [-0.2, -0.15) is 0 Å². The van der Waals surface area contributed by atoms with Crippen LogP contribution in [-0.2, 0) is 6.42 Å². The molecule has 1 rings (SSSR count). The van der Waals surface area contributed by atoms with E-state index in [1.165, 1.54) is 0 Å². The molecule has 0 bridgehead atoms. The Labute approximate surface area is 89.9 Å². The number of rotatable bonds is 3. The van der Waals surface area contributed by atoms with Gasteiger partial charge in [0.05, 0.1) is 0 Å². The van der Waals surface area contributed by atoms with Crippen molar-refractivity contribution >= 4 is 11.7 Å². The van der Waals surface area contributed by atoms with Gasteiger partial charge in [-0.1, -0.05) is 6.92 Å². The van der Waals surface area contributed by atoms with Crippen molar-refractivity contribution in [1.82, 2.24) is 10.3 Å². The number of aromatic nitrogens is 1. The molecule has 0 aliphatic carbocycles. The molecular weight excluding hydrogens is 190 g/mol. The van der Waals surface area contributed by atoms with Gasteiger partial charge < -0.3 is 11.1 Å². The molecular formula is C11H17N3O. The first-order valence-electron chi connectivity index (χ1n) is 5.10. The third kappa shape index (κ3) is 3.23. The highest BCUT2D eigenvalue weighted by Gasteiger charge is 2.08. The summed E-state index contributed by atoms with van der Waals surface area (Å²) in [7, 11) is 0. The Kier molecular flexibility index (Phi) is 3.66. The van der Waals surface area contributed by atoms with Crippen LogP contribution in [-0.4, -0.2) is 16.9 Å². The van der Waals surface area contributed by atoms with Crippen molar-refractivity contribution in [1.29, 1.82) is 0 Å². The fourth-order valence-electron chi connectivity index (χ4n) is 1.27. The van der Waals surface area contributed by atoms with E-state index in [1.807, 2.05) is 20.8 Å². The standard InChI is InChI=1S/C11H17N3O/c1-4-9-5-8(6-10(12)14-9)11(15)13-7(2)3/h5-7H,4H2,1-3H3,(H2,12,14)(H,13,15). The number of nitrogens with two attached hydrogens (primary N) is 1. The van der Waals surface area contributed by atoms with E-state index >= 15 is 0 Å². The fraction of sp³-hybridized carbons (Fsp3) is 0.455. The molecule has 0 fully saturated rings. The Hall–Kier alpha value is -1.58. The first-order valence-corrected chi connectivity index (χ1v) is 5.10. The normalized spacial score (nSPS) is 10.4. The minimum Gasteiger partial charge on any atom is -0.384 e. The molecule has 3 N–H and O–H groups in total. The lowest BCUT2D eigenvalue weighted by atomic mass is 10.1. The van der Waals surface area contributed by atoms with Gasteiger partial charge in [-0.15, -0.1) is 0 Å². The van der Waals surface area contributed by atoms with E-state index in [9.17, 15) is 4.79 Å². The molecule has 0 aliphatic rings. The maximum absolute atomic E-state index is 11.7. The van der Waals surface area contributed by atoms with E-state index in [4.69, 9.17) is 5.73 Å². The first kappa shape index (κ1) is 11.5. The molecule has 0 unspecified atom stereocenters. The number of carbonyl (C=O) groups is 1. The van der Waals surface area contributed by atoms with Gasteiger partial charge >= 0.3 is 0 Å². The van der Waals surface area contributed by atoms with Crippen LogP contribution in [0.1, 0.15) is 36.8 Å². The summed E-state index contributed by atoms with van der Waals surface area (Å²) < 4.78 is 0. The molecule has 1 aromatic rings. The number of pyridine rings is 1. The van der Waals surface area contributed by atoms with Gasteiger partial charge in [-0.25, -0.2) is 4.98 Å². The highest BCUT2D eigenvalue weighted by molar-refractivity contribution is 5.95. The van der Waals surface area contributed by atoms with Crippen molar-refractivity contribution in [2.24, 2.45) is 0 Å². The van der Waals surface area contributed by atoms with Crippen molar-refractivity contribution in [3.05, 3.63) is 23.4 Å². The number of anilines is 1. The minimum absolute atomic E-state index is 0.103. The molecule has 1 amide bonds. The predicted octanol–water partition coefficient (Wildman–Crippen LogP) is 1.36. The first-order chi connectivity index (χ1) is 7.02. The van der Waals surface area contributed by atoms with Gasteiger partial charge in [0.15, 0.2) is 0 Å². The van der Waals surface area contributed by atoms with E-state index < -0.39 is 0 Å². The molecule has 0 radical (unpaired) electrons. The number of aryl methyl sites for hydroxylation is 1. The monoisotopic (exact) mass is 207 g/mol. The molecule has 4 heteroatoms. The zero-order valence-corrected chi connectivity index (χ0v) is 9.37. The highest BCUT2D eigenvalue weighted by Crippen LogP contribution is 2.08. The Morgan fingerprint density at radius 1 is 1.53 bits per heavy atom. The number of carbonyl (C=O) groups excluding carboxylic acids is 1. The smallest absolute Gasteiger partial charge is 0.251 e. The number of nitrogens with one attached hydrogen (secondary N) is 1. The van der Waals surface area contributed by atoms with Crippen LogP contribution >= 0.6 is 0 Å². The van der Waals surface area contributed by atoms with Crippen LogP contribution in [0.4, 0.5) is 5.82 Å². The summed E-state index contributed by atoms with van der Waals surface area (Å²) in [5.41, 5.74) is 7.03. The van der Waals surface area contributed by atoms with Gasteiger partial charge in [-0.3, -0.25) is 4.79 Å². The second kappa shape index (κ2) is 4.77. The van der Waals surface area contributed by atoms with Crippen molar-refractivity contribution in [2.45, 2.75) is 33.2 Å². The molecule has 0 aliphatic heterocycles. The molecule has 0 atom stereocenters. The van der Waals surface area contributed by atoms with Crippen molar-refractivity contribution in [3.8, 4) is 0 Å². The molecule has 0 saturated heterocycles. The molecule has 0 aromatic carbocycles. The third-order valence-corrected chi connectivity index (χ3v) is 1.94. The van der Waals surface area contributed by atoms with E-state index in [2.05, 4.69) is 10.3 Å². The number of nitrogens with zero attached hydrogens (tertiary/aromatic N) is 1. The maximum Gasteiger partial charge on any atom is 0.251 e. The summed E-state index contributed by atoms with van der Waals surface area (Å²) >= 11 is 0. The van der Waals surface area contributed by atoms with Crippen LogP contribution in [0.3, 0.4) is 0 Å². The van der Waals surface area contributed by atoms with Crippen LogP contribution in [0.25, 0.3) is 0 Å². The summed E-state index contributed by atoms with van der Waals surface area (Å²) in [4.78, 5) is 15.8. The largest absolute Gasteiger partial charge is 0.384 e. The van der Waals surface area contributed by atoms with Gasteiger partial charge in [0.25, 0.3) is 5.91 Å². The van der Waals surface area contributed by atoms with Crippen LogP contribution in [0, 0.1) is 0 Å². The molecule has 1 aromatic heterocycles. The molecule has 15 heavy (non-hydrogen) atoms. The van der Waals surface area contributed by atoms with E-state index in [0.29, 0.717) is 11.4 Å². The summed E-state index contributed by atoms with van der Waals surface area (Å²) in [6.45, 7) is 5.82. The second-order valence-electron chi connectivity index (χ2n) is 3.75. The van der Waals surface area contributed by atoms with E-state index in [0.717, 1.165) is 12.1 Å². The molecule has 4 nitrogen and oxygen atoms in total. The zero-order valence-electron chi connectivity index (χ0n) is 9.37. The molecule has 0 saturated carbocycles. The number of nitrogen functional groups attached to an aromatic ring is 1. The Balaban J connectivity index is 2.93. The Morgan fingerprint density at radius 3 is 2.73 bits per heavy atom. The number of amides is 1. The minimum atomic E-state index is -0.103. The fourth-order valence-corrected chi connectivity index (χ4v) is 1.27. The third-order valence-electron chi connectivity index (χ3n) is 1.94. The van der Waals surface area contributed by atoms with Crippen molar-refractivity contribution in [3.63, 3.8) is 0 Å². The van der Waals surface area contributed by atoms with Gasteiger partial charge in [0, 0.05) is 17.3 Å². The summed E-state index contributed by atoms with van der Waals surface area (Å²) in [6.07, 6.45) is 0.771. The number of hydrogen-bond donors (Lipinski definition) is 2. The SMILES string of the molecule is CCc1cc(C(=O)NC(C)C)cc(N)n1. The highest BCUT2D eigenvalue weighted by atomic mass is 16.1. The number of hydrogen-bond acceptors (Lipinski definition) is 3. The predicted molar refractivity (Wildman–Crippen MR) is 60.6 cm³/mol. The second-order valence-corrected chi connectivity index (χ2v) is 3.75. The average Bonchev–Trinajstić information content (AvgIpc) is 2.15. The van der Waals surface area contributed by atoms with Gasteiger partial charge in [0.2, 0.25) is 0 Å². The topological polar surface area (TPSA) is 68.0 Å². The van der Waals surface area contributed by atoms with Crippen molar-refractivity contribution in [2.75, 3.05) is 5.73 Å². The lowest BCUT2D eigenvalue weighted by Gasteiger charge is -2.09. The lowest BCUT2D eigenvalue weighted by Crippen LogP contribution is -2.30. The zero-order chi connectivity index (χ0) is 11.4. The molecule has 82 valence electrons. The molecule has 0 spiro atoms. The van der Waals surface area contributed by atoms with Crippen LogP contribution in [0.2, 0.25) is 0 Å². The van der Waals surface area contributed by atoms with Crippen molar-refractivity contribution < 1.29 is 4.79 Å². The molecule has 1 heterocycles. The summed E-state index contributed by atoms with van der Waals surface area (Å²) in [5.74, 6) is 0.289. The van der Waals surface area contributed by atoms with Gasteiger partial charge in [-0.05, 0) is 32.4 Å². The average molecular weight is 207 g/mol. The van der Waals surface area contributed by atoms with Crippen LogP contribution in [0.5, 0.6) is 0 Å². The lowest BCUT2D eigenvalue weighted by molar-refractivity contribution is 0.0943. The summed E-state index contributed by atoms with van der Waals surface area (Å²) in [6, 6.07) is 3.49. The van der Waals surface area contributed by atoms with E-state index in [-0.39, 0.29) is 11.9 Å². The summed E-state index contributed by atoms with van der Waals surface area (Å²) in [5, 5.41) is 2.82. The van der Waals surface area contributed by atoms with E-state index in [1.54, 1.807) is 12.1 Å². The maximum atomic E-state index is 11.7. The van der Waals surface area contributed by atoms with Crippen LogP contribution in [0.15, 0.2) is 12.1 Å². The van der Waals surface area contributed by atoms with Gasteiger partial charge in [0.1, 0.15) is 5.82 Å². The quantitative estimate of drug-likeness (QED) is 0.786.